The Labute approximate surface area is 147 Å². The second-order valence-electron chi connectivity index (χ2n) is 5.66. The van der Waals surface area contributed by atoms with Gasteiger partial charge in [-0.1, -0.05) is 25.0 Å². The van der Waals surface area contributed by atoms with E-state index >= 15 is 0 Å². The second kappa shape index (κ2) is 8.59. The first-order chi connectivity index (χ1) is 9.25. The van der Waals surface area contributed by atoms with Gasteiger partial charge in [-0.25, -0.2) is 0 Å². The van der Waals surface area contributed by atoms with Crippen molar-refractivity contribution in [3.8, 4) is 5.75 Å². The van der Waals surface area contributed by atoms with Crippen LogP contribution >= 0.6 is 40.7 Å². The van der Waals surface area contributed by atoms with Crippen molar-refractivity contribution in [3.05, 3.63) is 28.2 Å². The molecule has 1 aliphatic carbocycles. The predicted molar refractivity (Wildman–Crippen MR) is 94.8 cm³/mol. The van der Waals surface area contributed by atoms with Gasteiger partial charge >= 0.3 is 0 Å². The van der Waals surface area contributed by atoms with Crippen LogP contribution in [0.1, 0.15) is 30.9 Å². The number of benzene rings is 1. The van der Waals surface area contributed by atoms with Crippen LogP contribution in [0.25, 0.3) is 0 Å². The van der Waals surface area contributed by atoms with E-state index < -0.39 is 0 Å². The highest BCUT2D eigenvalue weighted by Gasteiger charge is 2.31. The predicted octanol–water partition coefficient (Wildman–Crippen LogP) is 3.74. The Kier molecular flexibility index (Phi) is 7.79. The lowest BCUT2D eigenvalue weighted by Gasteiger charge is -2.35. The number of rotatable bonds is 4. The van der Waals surface area contributed by atoms with Crippen LogP contribution in [0.4, 0.5) is 0 Å². The molecule has 0 spiro atoms. The summed E-state index contributed by atoms with van der Waals surface area (Å²) < 4.78 is 0.806. The van der Waals surface area contributed by atoms with E-state index in [1.165, 1.54) is 19.3 Å². The Morgan fingerprint density at radius 3 is 2.52 bits per heavy atom. The number of nitrogens with one attached hydrogen (secondary N) is 1. The summed E-state index contributed by atoms with van der Waals surface area (Å²) in [6, 6.07) is 6.38. The van der Waals surface area contributed by atoms with Crippen molar-refractivity contribution in [2.45, 2.75) is 25.3 Å². The number of phenols is 1. The standard InChI is InChI=1S/C15H21BrN2O.2ClH/c16-13-3-1-2-12(15(13)19)14(10-11-4-5-11)18-8-6-17-7-9-18;;/h1-3,11,14,17,19H,4-10H2;2*1H/t14-;;/m1../s1. The van der Waals surface area contributed by atoms with Crippen molar-refractivity contribution in [3.63, 3.8) is 0 Å². The highest BCUT2D eigenvalue weighted by molar-refractivity contribution is 9.10. The van der Waals surface area contributed by atoms with Gasteiger partial charge in [-0.2, -0.15) is 0 Å². The topological polar surface area (TPSA) is 35.5 Å². The van der Waals surface area contributed by atoms with E-state index in [0.717, 1.165) is 42.1 Å². The normalized spacial score (nSPS) is 20.2. The number of hydrogen-bond acceptors (Lipinski definition) is 3. The molecule has 0 radical (unpaired) electrons. The SMILES string of the molecule is Cl.Cl.Oc1c(Br)cccc1[C@@H](CC1CC1)N1CCNCC1. The summed E-state index contributed by atoms with van der Waals surface area (Å²) in [4.78, 5) is 2.52. The fourth-order valence-electron chi connectivity index (χ4n) is 2.94. The average Bonchev–Trinajstić information content (AvgIpc) is 3.25. The van der Waals surface area contributed by atoms with Crippen LogP contribution in [0.2, 0.25) is 0 Å². The third-order valence-corrected chi connectivity index (χ3v) is 4.86. The number of hydrogen-bond donors (Lipinski definition) is 2. The molecular formula is C15H23BrCl2N2O. The molecule has 0 unspecified atom stereocenters. The van der Waals surface area contributed by atoms with Gasteiger partial charge in [-0.15, -0.1) is 24.8 Å². The Bertz CT molecular complexity index is 451. The quantitative estimate of drug-likeness (QED) is 0.812. The fraction of sp³-hybridized carbons (Fsp3) is 0.600. The minimum Gasteiger partial charge on any atom is -0.506 e. The van der Waals surface area contributed by atoms with Gasteiger partial charge in [0.25, 0.3) is 0 Å². The summed E-state index contributed by atoms with van der Waals surface area (Å²) in [7, 11) is 0. The first kappa shape index (κ1) is 19.0. The first-order valence-electron chi connectivity index (χ1n) is 7.18. The molecule has 1 saturated heterocycles. The second-order valence-corrected chi connectivity index (χ2v) is 6.51. The van der Waals surface area contributed by atoms with Crippen molar-refractivity contribution >= 4 is 40.7 Å². The Hall–Kier alpha value is -0.000000000000000153. The maximum atomic E-state index is 10.3. The fourth-order valence-corrected chi connectivity index (χ4v) is 3.32. The zero-order chi connectivity index (χ0) is 13.2. The van der Waals surface area contributed by atoms with Crippen LogP contribution in [-0.2, 0) is 0 Å². The molecule has 2 fully saturated rings. The van der Waals surface area contributed by atoms with Gasteiger partial charge in [0.2, 0.25) is 0 Å². The number of halogens is 3. The van der Waals surface area contributed by atoms with Crippen LogP contribution in [-0.4, -0.2) is 36.2 Å². The Morgan fingerprint density at radius 1 is 1.24 bits per heavy atom. The minimum absolute atomic E-state index is 0. The number of aromatic hydroxyl groups is 1. The van der Waals surface area contributed by atoms with E-state index in [9.17, 15) is 5.11 Å². The molecule has 3 nitrogen and oxygen atoms in total. The molecule has 21 heavy (non-hydrogen) atoms. The average molecular weight is 398 g/mol. The molecule has 0 bridgehead atoms. The van der Waals surface area contributed by atoms with E-state index in [1.807, 2.05) is 12.1 Å². The molecule has 2 aliphatic rings. The van der Waals surface area contributed by atoms with Gasteiger partial charge in [-0.3, -0.25) is 4.90 Å². The molecule has 1 aromatic rings. The Morgan fingerprint density at radius 2 is 1.90 bits per heavy atom. The van der Waals surface area contributed by atoms with Gasteiger partial charge in [-0.05, 0) is 34.3 Å². The lowest BCUT2D eigenvalue weighted by molar-refractivity contribution is 0.158. The summed E-state index contributed by atoms with van der Waals surface area (Å²) in [6.45, 7) is 4.25. The highest BCUT2D eigenvalue weighted by atomic mass is 79.9. The molecule has 1 aromatic carbocycles. The summed E-state index contributed by atoms with van der Waals surface area (Å²) in [5, 5.41) is 13.7. The van der Waals surface area contributed by atoms with Gasteiger partial charge in [0.1, 0.15) is 5.75 Å². The van der Waals surface area contributed by atoms with Crippen LogP contribution in [0, 0.1) is 5.92 Å². The van der Waals surface area contributed by atoms with Crippen molar-refractivity contribution in [1.29, 1.82) is 0 Å². The van der Waals surface area contributed by atoms with E-state index in [-0.39, 0.29) is 24.8 Å². The Balaban J connectivity index is 0.00000110. The van der Waals surface area contributed by atoms with Crippen LogP contribution < -0.4 is 5.32 Å². The number of para-hydroxylation sites is 1. The molecule has 0 amide bonds. The summed E-state index contributed by atoms with van der Waals surface area (Å²) >= 11 is 3.44. The van der Waals surface area contributed by atoms with Gasteiger partial charge in [0.05, 0.1) is 4.47 Å². The van der Waals surface area contributed by atoms with Crippen molar-refractivity contribution in [2.24, 2.45) is 5.92 Å². The molecule has 1 saturated carbocycles. The third-order valence-electron chi connectivity index (χ3n) is 4.22. The lowest BCUT2D eigenvalue weighted by Crippen LogP contribution is -2.45. The molecule has 2 N–H and O–H groups in total. The van der Waals surface area contributed by atoms with Gasteiger partial charge < -0.3 is 10.4 Å². The van der Waals surface area contributed by atoms with E-state index in [2.05, 4.69) is 32.2 Å². The highest BCUT2D eigenvalue weighted by Crippen LogP contribution is 2.43. The van der Waals surface area contributed by atoms with Gasteiger partial charge in [0.15, 0.2) is 0 Å². The van der Waals surface area contributed by atoms with E-state index in [0.29, 0.717) is 11.8 Å². The summed E-state index contributed by atoms with van der Waals surface area (Å²) in [5.41, 5.74) is 1.09. The van der Waals surface area contributed by atoms with E-state index in [4.69, 9.17) is 0 Å². The van der Waals surface area contributed by atoms with Crippen LogP contribution in [0.3, 0.4) is 0 Å². The number of phenolic OH excluding ortho intramolecular Hbond substituents is 1. The van der Waals surface area contributed by atoms with Crippen LogP contribution in [0.15, 0.2) is 22.7 Å². The zero-order valence-electron chi connectivity index (χ0n) is 11.9. The summed E-state index contributed by atoms with van der Waals surface area (Å²) in [6.07, 6.45) is 3.90. The monoisotopic (exact) mass is 396 g/mol. The van der Waals surface area contributed by atoms with E-state index in [1.54, 1.807) is 0 Å². The largest absolute Gasteiger partial charge is 0.506 e. The number of piperazine rings is 1. The first-order valence-corrected chi connectivity index (χ1v) is 7.97. The molecule has 1 aliphatic heterocycles. The number of nitrogens with zero attached hydrogens (tertiary/aromatic N) is 1. The van der Waals surface area contributed by atoms with Crippen molar-refractivity contribution in [1.82, 2.24) is 10.2 Å². The lowest BCUT2D eigenvalue weighted by atomic mass is 9.98. The minimum atomic E-state index is 0. The smallest absolute Gasteiger partial charge is 0.134 e. The molecule has 6 heteroatoms. The van der Waals surface area contributed by atoms with Crippen molar-refractivity contribution < 1.29 is 5.11 Å². The molecule has 120 valence electrons. The van der Waals surface area contributed by atoms with Gasteiger partial charge in [0, 0.05) is 37.8 Å². The summed E-state index contributed by atoms with van der Waals surface area (Å²) in [5.74, 6) is 1.28. The van der Waals surface area contributed by atoms with Crippen LogP contribution in [0.5, 0.6) is 5.75 Å². The molecule has 3 rings (SSSR count). The molecular weight excluding hydrogens is 375 g/mol. The molecule has 1 heterocycles. The maximum Gasteiger partial charge on any atom is 0.134 e. The third kappa shape index (κ3) is 4.73. The zero-order valence-corrected chi connectivity index (χ0v) is 15.1. The molecule has 1 atom stereocenters. The molecule has 0 aromatic heterocycles. The maximum absolute atomic E-state index is 10.3. The van der Waals surface area contributed by atoms with Crippen molar-refractivity contribution in [2.75, 3.05) is 26.2 Å².